The monoisotopic (exact) mass is 478 g/mol. The van der Waals surface area contributed by atoms with Gasteiger partial charge in [0.1, 0.15) is 12.1 Å². The van der Waals surface area contributed by atoms with E-state index in [0.717, 1.165) is 37.5 Å². The number of fused-ring (bicyclic) bond motifs is 4. The van der Waals surface area contributed by atoms with Gasteiger partial charge in [-0.3, -0.25) is 4.79 Å². The molecule has 0 bridgehead atoms. The van der Waals surface area contributed by atoms with Crippen LogP contribution in [0.5, 0.6) is 0 Å². The number of rotatable bonds is 3. The third kappa shape index (κ3) is 3.32. The SMILES string of the molecule is Cc1ccc(NC(=O)Cn2c3ccc(Br)cc3c3nc4ccccc4nc32)cc1Cl. The van der Waals surface area contributed by atoms with Crippen LogP contribution in [0.25, 0.3) is 33.1 Å². The topological polar surface area (TPSA) is 59.8 Å². The van der Waals surface area contributed by atoms with Crippen molar-refractivity contribution in [2.75, 3.05) is 5.32 Å². The molecule has 1 amide bonds. The highest BCUT2D eigenvalue weighted by Crippen LogP contribution is 2.30. The Bertz CT molecular complexity index is 1460. The minimum atomic E-state index is -0.161. The Balaban J connectivity index is 1.62. The summed E-state index contributed by atoms with van der Waals surface area (Å²) >= 11 is 9.72. The van der Waals surface area contributed by atoms with Crippen LogP contribution in [0.4, 0.5) is 5.69 Å². The lowest BCUT2D eigenvalue weighted by Gasteiger charge is -2.09. The first kappa shape index (κ1) is 19.0. The third-order valence-corrected chi connectivity index (χ3v) is 5.97. The molecule has 3 aromatic carbocycles. The van der Waals surface area contributed by atoms with E-state index in [4.69, 9.17) is 21.6 Å². The van der Waals surface area contributed by atoms with Gasteiger partial charge in [-0.2, -0.15) is 0 Å². The Kier molecular flexibility index (Phi) is 4.68. The molecule has 2 aromatic heterocycles. The van der Waals surface area contributed by atoms with E-state index in [1.165, 1.54) is 0 Å². The fourth-order valence-corrected chi connectivity index (χ4v) is 4.12. The van der Waals surface area contributed by atoms with Gasteiger partial charge in [0.05, 0.1) is 16.6 Å². The third-order valence-electron chi connectivity index (χ3n) is 5.07. The molecule has 0 radical (unpaired) electrons. The summed E-state index contributed by atoms with van der Waals surface area (Å²) in [5.41, 5.74) is 5.60. The van der Waals surface area contributed by atoms with Crippen molar-refractivity contribution >= 4 is 72.2 Å². The minimum absolute atomic E-state index is 0.111. The molecule has 5 rings (SSSR count). The number of nitrogens with zero attached hydrogens (tertiary/aromatic N) is 3. The average molecular weight is 480 g/mol. The number of aromatic nitrogens is 3. The highest BCUT2D eigenvalue weighted by atomic mass is 79.9. The first-order valence-corrected chi connectivity index (χ1v) is 10.6. The van der Waals surface area contributed by atoms with E-state index >= 15 is 0 Å². The van der Waals surface area contributed by atoms with Crippen LogP contribution in [0.3, 0.4) is 0 Å². The van der Waals surface area contributed by atoms with Crippen molar-refractivity contribution in [3.8, 4) is 0 Å². The lowest BCUT2D eigenvalue weighted by Crippen LogP contribution is -2.19. The summed E-state index contributed by atoms with van der Waals surface area (Å²) in [5, 5.41) is 4.49. The number of carbonyl (C=O) groups is 1. The molecule has 0 aliphatic rings. The maximum Gasteiger partial charge on any atom is 0.244 e. The standard InChI is InChI=1S/C23H16BrClN4O/c1-13-6-8-15(11-17(13)25)26-21(30)12-29-20-9-7-14(24)10-16(20)22-23(29)28-19-5-3-2-4-18(19)27-22/h2-11H,12H2,1H3,(H,26,30). The Morgan fingerprint density at radius 3 is 2.60 bits per heavy atom. The Morgan fingerprint density at radius 2 is 1.83 bits per heavy atom. The summed E-state index contributed by atoms with van der Waals surface area (Å²) in [4.78, 5) is 22.5. The highest BCUT2D eigenvalue weighted by molar-refractivity contribution is 9.10. The predicted molar refractivity (Wildman–Crippen MR) is 125 cm³/mol. The van der Waals surface area contributed by atoms with Crippen molar-refractivity contribution in [1.82, 2.24) is 14.5 Å². The number of hydrogen-bond acceptors (Lipinski definition) is 3. The van der Waals surface area contributed by atoms with Gasteiger partial charge in [0.15, 0.2) is 5.65 Å². The second-order valence-electron chi connectivity index (χ2n) is 7.14. The number of halogens is 2. The number of nitrogens with one attached hydrogen (secondary N) is 1. The molecule has 0 spiro atoms. The average Bonchev–Trinajstić information content (AvgIpc) is 3.01. The molecule has 0 saturated carbocycles. The van der Waals surface area contributed by atoms with Gasteiger partial charge in [-0.1, -0.05) is 45.7 Å². The van der Waals surface area contributed by atoms with E-state index in [-0.39, 0.29) is 12.5 Å². The molecular formula is C23H16BrClN4O. The van der Waals surface area contributed by atoms with E-state index in [9.17, 15) is 4.79 Å². The molecule has 7 heteroatoms. The second kappa shape index (κ2) is 7.38. The first-order valence-electron chi connectivity index (χ1n) is 9.40. The molecule has 2 heterocycles. The number of para-hydroxylation sites is 2. The van der Waals surface area contributed by atoms with Crippen molar-refractivity contribution in [2.45, 2.75) is 13.5 Å². The lowest BCUT2D eigenvalue weighted by atomic mass is 10.2. The summed E-state index contributed by atoms with van der Waals surface area (Å²) in [5.74, 6) is -0.161. The molecule has 30 heavy (non-hydrogen) atoms. The number of carbonyl (C=O) groups excluding carboxylic acids is 1. The summed E-state index contributed by atoms with van der Waals surface area (Å²) in [6.45, 7) is 2.04. The van der Waals surface area contributed by atoms with Crippen molar-refractivity contribution < 1.29 is 4.79 Å². The Morgan fingerprint density at radius 1 is 1.07 bits per heavy atom. The number of benzene rings is 3. The molecule has 0 fully saturated rings. The molecule has 0 aliphatic heterocycles. The Hall–Kier alpha value is -2.96. The fraction of sp³-hybridized carbons (Fsp3) is 0.0870. The summed E-state index contributed by atoms with van der Waals surface area (Å²) in [6, 6.07) is 19.2. The van der Waals surface area contributed by atoms with Crippen LogP contribution < -0.4 is 5.32 Å². The molecule has 5 aromatic rings. The van der Waals surface area contributed by atoms with Crippen molar-refractivity contribution in [2.24, 2.45) is 0 Å². The van der Waals surface area contributed by atoms with Crippen LogP contribution in [0.1, 0.15) is 5.56 Å². The minimum Gasteiger partial charge on any atom is -0.324 e. The van der Waals surface area contributed by atoms with Crippen LogP contribution in [0.2, 0.25) is 5.02 Å². The van der Waals surface area contributed by atoms with E-state index in [1.807, 2.05) is 66.1 Å². The van der Waals surface area contributed by atoms with Gasteiger partial charge in [0.25, 0.3) is 0 Å². The molecule has 0 saturated heterocycles. The lowest BCUT2D eigenvalue weighted by molar-refractivity contribution is -0.116. The van der Waals surface area contributed by atoms with Crippen molar-refractivity contribution in [3.63, 3.8) is 0 Å². The van der Waals surface area contributed by atoms with Gasteiger partial charge in [0, 0.05) is 20.6 Å². The van der Waals surface area contributed by atoms with E-state index in [0.29, 0.717) is 16.4 Å². The zero-order valence-electron chi connectivity index (χ0n) is 16.0. The molecule has 5 nitrogen and oxygen atoms in total. The van der Waals surface area contributed by atoms with Gasteiger partial charge in [0.2, 0.25) is 5.91 Å². The maximum absolute atomic E-state index is 12.9. The van der Waals surface area contributed by atoms with Crippen LogP contribution >= 0.6 is 27.5 Å². The molecule has 1 N–H and O–H groups in total. The predicted octanol–water partition coefficient (Wildman–Crippen LogP) is 6.10. The molecule has 0 atom stereocenters. The highest BCUT2D eigenvalue weighted by Gasteiger charge is 2.17. The van der Waals surface area contributed by atoms with Gasteiger partial charge in [-0.25, -0.2) is 9.97 Å². The molecule has 148 valence electrons. The van der Waals surface area contributed by atoms with E-state index < -0.39 is 0 Å². The second-order valence-corrected chi connectivity index (χ2v) is 8.47. The number of aryl methyl sites for hydroxylation is 1. The van der Waals surface area contributed by atoms with E-state index in [1.54, 1.807) is 6.07 Å². The largest absolute Gasteiger partial charge is 0.324 e. The van der Waals surface area contributed by atoms with Crippen molar-refractivity contribution in [1.29, 1.82) is 0 Å². The zero-order valence-corrected chi connectivity index (χ0v) is 18.3. The number of anilines is 1. The molecule has 0 aliphatic carbocycles. The first-order chi connectivity index (χ1) is 14.5. The summed E-state index contributed by atoms with van der Waals surface area (Å²) in [6.07, 6.45) is 0. The molecular weight excluding hydrogens is 464 g/mol. The fourth-order valence-electron chi connectivity index (χ4n) is 3.58. The molecule has 0 unspecified atom stereocenters. The normalized spacial score (nSPS) is 11.4. The van der Waals surface area contributed by atoms with Crippen molar-refractivity contribution in [3.05, 3.63) is 75.7 Å². The summed E-state index contributed by atoms with van der Waals surface area (Å²) < 4.78 is 2.85. The van der Waals surface area contributed by atoms with Gasteiger partial charge < -0.3 is 9.88 Å². The number of hydrogen-bond donors (Lipinski definition) is 1. The maximum atomic E-state index is 12.9. The van der Waals surface area contributed by atoms with Crippen LogP contribution in [-0.2, 0) is 11.3 Å². The van der Waals surface area contributed by atoms with Crippen LogP contribution in [0, 0.1) is 6.92 Å². The van der Waals surface area contributed by atoms with Crippen LogP contribution in [0.15, 0.2) is 65.1 Å². The Labute approximate surface area is 185 Å². The smallest absolute Gasteiger partial charge is 0.244 e. The quantitative estimate of drug-likeness (QED) is 0.340. The number of amides is 1. The summed E-state index contributed by atoms with van der Waals surface area (Å²) in [7, 11) is 0. The zero-order chi connectivity index (χ0) is 20.8. The van der Waals surface area contributed by atoms with Gasteiger partial charge >= 0.3 is 0 Å². The van der Waals surface area contributed by atoms with Gasteiger partial charge in [-0.05, 0) is 55.0 Å². The van der Waals surface area contributed by atoms with Gasteiger partial charge in [-0.15, -0.1) is 0 Å². The van der Waals surface area contributed by atoms with E-state index in [2.05, 4.69) is 21.2 Å². The van der Waals surface area contributed by atoms with Crippen LogP contribution in [-0.4, -0.2) is 20.4 Å².